The molecule has 0 aromatic carbocycles. The molecule has 3 saturated carbocycles. The van der Waals surface area contributed by atoms with Gasteiger partial charge in [-0.1, -0.05) is 71.3 Å². The van der Waals surface area contributed by atoms with E-state index >= 15 is 0 Å². The van der Waals surface area contributed by atoms with E-state index in [0.717, 1.165) is 35.3 Å². The van der Waals surface area contributed by atoms with Crippen molar-refractivity contribution in [2.75, 3.05) is 0 Å². The predicted molar refractivity (Wildman–Crippen MR) is 142 cm³/mol. The van der Waals surface area contributed by atoms with Gasteiger partial charge in [0.15, 0.2) is 0 Å². The first-order valence-electron chi connectivity index (χ1n) is 13.9. The van der Waals surface area contributed by atoms with Gasteiger partial charge in [0, 0.05) is 26.7 Å². The quantitative estimate of drug-likeness (QED) is 0.331. The second-order valence-corrected chi connectivity index (χ2v) is 12.1. The minimum absolute atomic E-state index is 0.286. The summed E-state index contributed by atoms with van der Waals surface area (Å²) < 4.78 is 11.0. The summed E-state index contributed by atoms with van der Waals surface area (Å²) in [5, 5.41) is 0. The van der Waals surface area contributed by atoms with Crippen LogP contribution in [-0.4, -0.2) is 24.1 Å². The van der Waals surface area contributed by atoms with Crippen molar-refractivity contribution in [1.29, 1.82) is 0 Å². The van der Waals surface area contributed by atoms with Gasteiger partial charge in [-0.3, -0.25) is 9.59 Å². The molecule has 0 aromatic heterocycles. The van der Waals surface area contributed by atoms with Crippen LogP contribution in [0, 0.1) is 29.1 Å². The molecule has 4 heteroatoms. The van der Waals surface area contributed by atoms with Crippen LogP contribution >= 0.6 is 0 Å². The Bertz CT molecular complexity index is 850. The van der Waals surface area contributed by atoms with Crippen molar-refractivity contribution in [1.82, 2.24) is 0 Å². The Labute approximate surface area is 213 Å². The van der Waals surface area contributed by atoms with Crippen LogP contribution in [0.5, 0.6) is 0 Å². The van der Waals surface area contributed by atoms with Crippen LogP contribution in [0.1, 0.15) is 106 Å². The highest BCUT2D eigenvalue weighted by atomic mass is 16.6. The summed E-state index contributed by atoms with van der Waals surface area (Å²) >= 11 is 0. The fourth-order valence-electron chi connectivity index (χ4n) is 7.34. The van der Waals surface area contributed by atoms with Crippen LogP contribution < -0.4 is 0 Å². The van der Waals surface area contributed by atoms with Crippen LogP contribution in [0.4, 0.5) is 0 Å². The summed E-state index contributed by atoms with van der Waals surface area (Å²) in [7, 11) is 0. The molecule has 0 spiro atoms. The van der Waals surface area contributed by atoms with Gasteiger partial charge in [0.05, 0.1) is 0 Å². The van der Waals surface area contributed by atoms with E-state index in [-0.39, 0.29) is 18.0 Å². The number of hydrogen-bond donors (Lipinski definition) is 0. The second-order valence-electron chi connectivity index (χ2n) is 12.1. The number of carbonyl (C=O) groups is 2. The molecule has 0 bridgehead atoms. The molecule has 0 N–H and O–H groups in total. The van der Waals surface area contributed by atoms with Crippen LogP contribution in [0.25, 0.3) is 0 Å². The number of hydrogen-bond acceptors (Lipinski definition) is 4. The molecule has 196 valence electrons. The molecule has 3 aliphatic carbocycles. The van der Waals surface area contributed by atoms with E-state index in [1.54, 1.807) is 5.57 Å². The third-order valence-corrected chi connectivity index (χ3v) is 9.03. The Balaban J connectivity index is 1.76. The maximum atomic E-state index is 11.6. The molecule has 6 atom stereocenters. The largest absolute Gasteiger partial charge is 0.462 e. The zero-order valence-corrected chi connectivity index (χ0v) is 23.0. The van der Waals surface area contributed by atoms with Gasteiger partial charge in [-0.15, -0.1) is 0 Å². The number of rotatable bonds is 8. The van der Waals surface area contributed by atoms with E-state index < -0.39 is 6.10 Å². The maximum Gasteiger partial charge on any atom is 0.303 e. The summed E-state index contributed by atoms with van der Waals surface area (Å²) in [6.45, 7) is 16.8. The highest BCUT2D eigenvalue weighted by molar-refractivity contribution is 5.67. The topological polar surface area (TPSA) is 52.6 Å². The third-order valence-electron chi connectivity index (χ3n) is 9.03. The lowest BCUT2D eigenvalue weighted by atomic mass is 9.60. The van der Waals surface area contributed by atoms with E-state index in [4.69, 9.17) is 9.47 Å². The first kappa shape index (κ1) is 27.7. The van der Waals surface area contributed by atoms with Crippen LogP contribution in [-0.2, 0) is 19.1 Å². The molecule has 0 amide bonds. The van der Waals surface area contributed by atoms with Gasteiger partial charge < -0.3 is 9.47 Å². The molecule has 0 unspecified atom stereocenters. The van der Waals surface area contributed by atoms with Gasteiger partial charge >= 0.3 is 11.9 Å². The maximum absolute atomic E-state index is 11.6. The van der Waals surface area contributed by atoms with Crippen molar-refractivity contribution in [3.05, 3.63) is 35.5 Å². The van der Waals surface area contributed by atoms with Crippen LogP contribution in [0.2, 0.25) is 0 Å². The van der Waals surface area contributed by atoms with Gasteiger partial charge in [-0.25, -0.2) is 0 Å². The lowest BCUT2D eigenvalue weighted by molar-refractivity contribution is -0.152. The van der Waals surface area contributed by atoms with Crippen molar-refractivity contribution in [3.63, 3.8) is 0 Å². The SMILES string of the molecule is C=C1/C(=C/C=C2\CCC[C@]3(C)[C@@H]([C@H](C)CCCC(C)C)CC[C@@H]23)C[C@@H](OC(C)=O)C[C@@H]1OC(C)=O. The highest BCUT2D eigenvalue weighted by Gasteiger charge is 2.50. The number of esters is 2. The highest BCUT2D eigenvalue weighted by Crippen LogP contribution is 2.60. The molecule has 35 heavy (non-hydrogen) atoms. The summed E-state index contributed by atoms with van der Waals surface area (Å²) in [5.74, 6) is 2.40. The molecule has 3 rings (SSSR count). The van der Waals surface area contributed by atoms with Gasteiger partial charge in [-0.05, 0) is 72.3 Å². The lowest BCUT2D eigenvalue weighted by Crippen LogP contribution is -2.36. The fourth-order valence-corrected chi connectivity index (χ4v) is 7.34. The molecule has 0 heterocycles. The van der Waals surface area contributed by atoms with Gasteiger partial charge in [0.25, 0.3) is 0 Å². The van der Waals surface area contributed by atoms with Crippen molar-refractivity contribution in [3.8, 4) is 0 Å². The van der Waals surface area contributed by atoms with E-state index in [1.807, 2.05) is 0 Å². The van der Waals surface area contributed by atoms with E-state index in [1.165, 1.54) is 58.8 Å². The van der Waals surface area contributed by atoms with Gasteiger partial charge in [-0.2, -0.15) is 0 Å². The van der Waals surface area contributed by atoms with Crippen LogP contribution in [0.3, 0.4) is 0 Å². The Hall–Kier alpha value is -1.84. The van der Waals surface area contributed by atoms with Gasteiger partial charge in [0.2, 0.25) is 0 Å². The first-order valence-corrected chi connectivity index (χ1v) is 13.9. The molecule has 3 fully saturated rings. The monoisotopic (exact) mass is 484 g/mol. The Morgan fingerprint density at radius 3 is 2.46 bits per heavy atom. The number of carbonyl (C=O) groups excluding carboxylic acids is 2. The zero-order chi connectivity index (χ0) is 25.8. The van der Waals surface area contributed by atoms with Crippen LogP contribution in [0.15, 0.2) is 35.5 Å². The minimum atomic E-state index is -0.436. The molecule has 0 saturated heterocycles. The minimum Gasteiger partial charge on any atom is -0.462 e. The summed E-state index contributed by atoms with van der Waals surface area (Å²) in [6, 6.07) is 0. The standard InChI is InChI=1S/C31H48O4/c1-20(2)10-8-11-21(3)28-15-16-29-25(12-9-17-31(28,29)7)13-14-26-18-27(34-23(5)32)19-30(22(26)4)35-24(6)33/h13-14,20-21,27-30H,4,8-12,15-19H2,1-3,5-7H3/b25-13+,26-14+/t21-,27-,28-,29+,30+,31-/m1/s1. The summed E-state index contributed by atoms with van der Waals surface area (Å²) in [5.41, 5.74) is 3.83. The van der Waals surface area contributed by atoms with Crippen molar-refractivity contribution >= 4 is 11.9 Å². The number of ether oxygens (including phenoxy) is 2. The molecular formula is C31H48O4. The third kappa shape index (κ3) is 6.89. The molecule has 0 radical (unpaired) electrons. The average Bonchev–Trinajstić information content (AvgIpc) is 3.11. The average molecular weight is 485 g/mol. The molecule has 0 aliphatic heterocycles. The van der Waals surface area contributed by atoms with Crippen molar-refractivity contribution in [2.45, 2.75) is 118 Å². The zero-order valence-electron chi connectivity index (χ0n) is 23.0. The lowest BCUT2D eigenvalue weighted by Gasteiger charge is -2.44. The number of allylic oxidation sites excluding steroid dienone is 3. The van der Waals surface area contributed by atoms with E-state index in [0.29, 0.717) is 24.2 Å². The fraction of sp³-hybridized carbons (Fsp3) is 0.742. The number of fused-ring (bicyclic) bond motifs is 1. The molecule has 3 aliphatic rings. The smallest absolute Gasteiger partial charge is 0.303 e. The van der Waals surface area contributed by atoms with Gasteiger partial charge in [0.1, 0.15) is 12.2 Å². The first-order chi connectivity index (χ1) is 16.5. The second kappa shape index (κ2) is 11.9. The molecular weight excluding hydrogens is 436 g/mol. The van der Waals surface area contributed by atoms with E-state index in [9.17, 15) is 9.59 Å². The summed E-state index contributed by atoms with van der Waals surface area (Å²) in [4.78, 5) is 23.2. The Kier molecular flexibility index (Phi) is 9.46. The molecule has 0 aromatic rings. The summed E-state index contributed by atoms with van der Waals surface area (Å²) in [6.07, 6.45) is 15.3. The normalized spacial score (nSPS) is 34.2. The van der Waals surface area contributed by atoms with Crippen molar-refractivity contribution < 1.29 is 19.1 Å². The predicted octanol–water partition coefficient (Wildman–Crippen LogP) is 7.73. The Morgan fingerprint density at radius 1 is 1.09 bits per heavy atom. The Morgan fingerprint density at radius 2 is 1.80 bits per heavy atom. The molecule has 4 nitrogen and oxygen atoms in total. The van der Waals surface area contributed by atoms with E-state index in [2.05, 4.69) is 46.4 Å². The van der Waals surface area contributed by atoms with Crippen molar-refractivity contribution in [2.24, 2.45) is 29.1 Å².